The van der Waals surface area contributed by atoms with Crippen LogP contribution < -0.4 is 5.32 Å². The normalized spacial score (nSPS) is 21.1. The van der Waals surface area contributed by atoms with E-state index in [0.29, 0.717) is 29.6 Å². The lowest BCUT2D eigenvalue weighted by Gasteiger charge is -2.58. The van der Waals surface area contributed by atoms with Crippen LogP contribution in [0, 0.1) is 10.8 Å². The molecule has 1 amide bonds. The summed E-state index contributed by atoms with van der Waals surface area (Å²) in [5, 5.41) is 22.7. The van der Waals surface area contributed by atoms with Crippen molar-refractivity contribution in [1.29, 1.82) is 0 Å². The molecule has 0 atom stereocenters. The molecule has 7 nitrogen and oxygen atoms in total. The van der Waals surface area contributed by atoms with Gasteiger partial charge < -0.3 is 10.4 Å². The number of carboxylic acid groups (broad SMARTS) is 1. The maximum absolute atomic E-state index is 12.5. The first-order valence-corrected chi connectivity index (χ1v) is 7.39. The van der Waals surface area contributed by atoms with Crippen molar-refractivity contribution in [2.75, 3.05) is 5.32 Å². The molecule has 0 radical (unpaired) electrons. The fraction of sp³-hybridized carbons (Fsp3) is 0.467. The van der Waals surface area contributed by atoms with E-state index in [1.165, 1.54) is 0 Å². The molecule has 4 rings (SSSR count). The fourth-order valence-corrected chi connectivity index (χ4v) is 3.84. The van der Waals surface area contributed by atoms with Gasteiger partial charge in [-0.05, 0) is 49.3 Å². The summed E-state index contributed by atoms with van der Waals surface area (Å²) in [6, 6.07) is 5.12. The van der Waals surface area contributed by atoms with Gasteiger partial charge in [0.05, 0.1) is 0 Å². The van der Waals surface area contributed by atoms with E-state index in [1.54, 1.807) is 18.2 Å². The summed E-state index contributed by atoms with van der Waals surface area (Å²) >= 11 is 0. The Morgan fingerprint density at radius 2 is 1.91 bits per heavy atom. The molecule has 1 aromatic heterocycles. The maximum atomic E-state index is 12.5. The van der Waals surface area contributed by atoms with Crippen molar-refractivity contribution < 1.29 is 14.7 Å². The summed E-state index contributed by atoms with van der Waals surface area (Å²) in [5.74, 6) is -1.45. The summed E-state index contributed by atoms with van der Waals surface area (Å²) in [4.78, 5) is 24.2. The molecular weight excluding hydrogens is 284 g/mol. The van der Waals surface area contributed by atoms with E-state index in [9.17, 15) is 14.7 Å². The van der Waals surface area contributed by atoms with Gasteiger partial charge in [0, 0.05) is 5.69 Å². The molecule has 1 spiro atoms. The third-order valence-corrected chi connectivity index (χ3v) is 5.19. The fourth-order valence-electron chi connectivity index (χ4n) is 3.84. The van der Waals surface area contributed by atoms with E-state index in [0.717, 1.165) is 19.3 Å². The van der Waals surface area contributed by atoms with Crippen molar-refractivity contribution in [3.8, 4) is 0 Å². The molecule has 0 aliphatic heterocycles. The number of benzene rings is 1. The molecule has 7 heteroatoms. The number of carboxylic acids is 1. The summed E-state index contributed by atoms with van der Waals surface area (Å²) < 4.78 is 0. The van der Waals surface area contributed by atoms with Crippen molar-refractivity contribution in [3.05, 3.63) is 18.2 Å². The molecule has 0 bridgehead atoms. The molecule has 2 aromatic rings. The molecule has 1 heterocycles. The topological polar surface area (TPSA) is 108 Å². The zero-order valence-corrected chi connectivity index (χ0v) is 11.9. The summed E-state index contributed by atoms with van der Waals surface area (Å²) in [5.41, 5.74) is 0.696. The van der Waals surface area contributed by atoms with Crippen LogP contribution in [-0.4, -0.2) is 32.4 Å². The summed E-state index contributed by atoms with van der Waals surface area (Å²) in [6.07, 6.45) is 4.13. The Morgan fingerprint density at radius 3 is 2.55 bits per heavy atom. The molecular formula is C15H16N4O3. The molecule has 2 aliphatic carbocycles. The lowest BCUT2D eigenvalue weighted by Crippen LogP contribution is -2.59. The zero-order chi connectivity index (χ0) is 15.4. The molecule has 0 unspecified atom stereocenters. The van der Waals surface area contributed by atoms with Gasteiger partial charge in [0.2, 0.25) is 5.91 Å². The van der Waals surface area contributed by atoms with Crippen molar-refractivity contribution in [2.45, 2.75) is 32.1 Å². The van der Waals surface area contributed by atoms with E-state index in [1.807, 2.05) is 0 Å². The number of aromatic amines is 1. The van der Waals surface area contributed by atoms with Gasteiger partial charge in [0.15, 0.2) is 0 Å². The minimum absolute atomic E-state index is 0.103. The molecule has 2 aliphatic rings. The van der Waals surface area contributed by atoms with Gasteiger partial charge in [0.25, 0.3) is 0 Å². The number of hydrogen-bond acceptors (Lipinski definition) is 4. The highest BCUT2D eigenvalue weighted by Gasteiger charge is 2.64. The van der Waals surface area contributed by atoms with Gasteiger partial charge in [-0.15, -0.1) is 0 Å². The highest BCUT2D eigenvalue weighted by molar-refractivity contribution is 6.09. The van der Waals surface area contributed by atoms with Crippen LogP contribution in [0.2, 0.25) is 0 Å². The molecule has 0 saturated heterocycles. The van der Waals surface area contributed by atoms with Crippen molar-refractivity contribution in [3.63, 3.8) is 0 Å². The second-order valence-corrected chi connectivity index (χ2v) is 6.58. The SMILES string of the molecule is O=C(O)C1(C(=O)Nc2ccc3n[nH]nc3c2)CC2(CCC2)C1. The first kappa shape index (κ1) is 13.2. The first-order chi connectivity index (χ1) is 10.5. The number of aliphatic carboxylic acids is 1. The first-order valence-electron chi connectivity index (χ1n) is 7.39. The number of nitrogens with zero attached hydrogens (tertiary/aromatic N) is 2. The Labute approximate surface area is 126 Å². The zero-order valence-electron chi connectivity index (χ0n) is 11.9. The number of aromatic nitrogens is 3. The third-order valence-electron chi connectivity index (χ3n) is 5.19. The van der Waals surface area contributed by atoms with Crippen molar-refractivity contribution in [1.82, 2.24) is 15.4 Å². The molecule has 2 fully saturated rings. The van der Waals surface area contributed by atoms with E-state index >= 15 is 0 Å². The monoisotopic (exact) mass is 300 g/mol. The molecule has 22 heavy (non-hydrogen) atoms. The number of H-pyrrole nitrogens is 1. The molecule has 3 N–H and O–H groups in total. The van der Waals surface area contributed by atoms with E-state index in [4.69, 9.17) is 0 Å². The van der Waals surface area contributed by atoms with Crippen LogP contribution in [0.4, 0.5) is 5.69 Å². The lowest BCUT2D eigenvalue weighted by molar-refractivity contribution is -0.178. The van der Waals surface area contributed by atoms with Crippen LogP contribution in [0.15, 0.2) is 18.2 Å². The molecule has 1 aromatic carbocycles. The van der Waals surface area contributed by atoms with Crippen LogP contribution in [0.1, 0.15) is 32.1 Å². The summed E-state index contributed by atoms with van der Waals surface area (Å²) in [6.45, 7) is 0. The van der Waals surface area contributed by atoms with Crippen molar-refractivity contribution >= 4 is 28.6 Å². The summed E-state index contributed by atoms with van der Waals surface area (Å²) in [7, 11) is 0. The van der Waals surface area contributed by atoms with Gasteiger partial charge in [-0.25, -0.2) is 0 Å². The van der Waals surface area contributed by atoms with Crippen molar-refractivity contribution in [2.24, 2.45) is 10.8 Å². The predicted molar refractivity (Wildman–Crippen MR) is 78.1 cm³/mol. The number of carbonyl (C=O) groups excluding carboxylic acids is 1. The van der Waals surface area contributed by atoms with Crippen LogP contribution in [-0.2, 0) is 9.59 Å². The Hall–Kier alpha value is -2.44. The van der Waals surface area contributed by atoms with Gasteiger partial charge in [-0.2, -0.15) is 15.4 Å². The number of nitrogens with one attached hydrogen (secondary N) is 2. The van der Waals surface area contributed by atoms with Crippen LogP contribution in [0.25, 0.3) is 11.0 Å². The van der Waals surface area contributed by atoms with Gasteiger partial charge in [0.1, 0.15) is 16.4 Å². The molecule has 114 valence electrons. The average Bonchev–Trinajstić information content (AvgIpc) is 2.82. The van der Waals surface area contributed by atoms with E-state index in [-0.39, 0.29) is 5.41 Å². The number of amides is 1. The quantitative estimate of drug-likeness (QED) is 0.751. The number of hydrogen-bond donors (Lipinski definition) is 3. The minimum Gasteiger partial charge on any atom is -0.480 e. The Bertz CT molecular complexity index is 770. The molecule has 2 saturated carbocycles. The predicted octanol–water partition coefficient (Wildman–Crippen LogP) is 1.93. The van der Waals surface area contributed by atoms with Crippen LogP contribution >= 0.6 is 0 Å². The average molecular weight is 300 g/mol. The Balaban J connectivity index is 1.56. The van der Waals surface area contributed by atoms with Crippen LogP contribution in [0.5, 0.6) is 0 Å². The number of anilines is 1. The number of rotatable bonds is 3. The van der Waals surface area contributed by atoms with Gasteiger partial charge >= 0.3 is 5.97 Å². The van der Waals surface area contributed by atoms with E-state index in [2.05, 4.69) is 20.7 Å². The number of fused-ring (bicyclic) bond motifs is 1. The lowest BCUT2D eigenvalue weighted by atomic mass is 9.45. The minimum atomic E-state index is -1.28. The standard InChI is InChI=1S/C15H16N4O3/c20-12(15(13(21)22)7-14(8-15)4-1-5-14)16-9-2-3-10-11(6-9)18-19-17-10/h2-3,6H,1,4-5,7-8H2,(H,16,20)(H,21,22)(H,17,18,19). The van der Waals surface area contributed by atoms with Gasteiger partial charge in [-0.1, -0.05) is 6.42 Å². The highest BCUT2D eigenvalue weighted by atomic mass is 16.4. The second-order valence-electron chi connectivity index (χ2n) is 6.58. The van der Waals surface area contributed by atoms with Gasteiger partial charge in [-0.3, -0.25) is 9.59 Å². The highest BCUT2D eigenvalue weighted by Crippen LogP contribution is 2.64. The third kappa shape index (κ3) is 1.74. The Morgan fingerprint density at radius 1 is 1.18 bits per heavy atom. The largest absolute Gasteiger partial charge is 0.480 e. The van der Waals surface area contributed by atoms with Crippen LogP contribution in [0.3, 0.4) is 0 Å². The smallest absolute Gasteiger partial charge is 0.319 e. The van der Waals surface area contributed by atoms with E-state index < -0.39 is 17.3 Å². The Kier molecular flexibility index (Phi) is 2.58. The second kappa shape index (κ2) is 4.28. The number of carbonyl (C=O) groups is 2. The maximum Gasteiger partial charge on any atom is 0.319 e.